The van der Waals surface area contributed by atoms with Crippen LogP contribution in [0.3, 0.4) is 0 Å². The van der Waals surface area contributed by atoms with Crippen LogP contribution in [0.4, 0.5) is 0 Å². The fourth-order valence-electron chi connectivity index (χ4n) is 1.88. The summed E-state index contributed by atoms with van der Waals surface area (Å²) >= 11 is 8.90. The van der Waals surface area contributed by atoms with E-state index in [0.717, 1.165) is 10.4 Å². The molecule has 4 aromatic rings. The maximum absolute atomic E-state index is 5.93. The zero-order valence-corrected chi connectivity index (χ0v) is 13.4. The molecule has 3 aromatic heterocycles. The molecule has 0 aliphatic rings. The van der Waals surface area contributed by atoms with Gasteiger partial charge in [0.25, 0.3) is 5.22 Å². The molecular formula is C14H8ClN3O2S2. The molecular weight excluding hydrogens is 342 g/mol. The molecule has 0 aliphatic carbocycles. The molecule has 5 nitrogen and oxygen atoms in total. The van der Waals surface area contributed by atoms with Crippen LogP contribution in [0.15, 0.2) is 49.9 Å². The quantitative estimate of drug-likeness (QED) is 0.489. The summed E-state index contributed by atoms with van der Waals surface area (Å²) in [6.07, 6.45) is 0. The van der Waals surface area contributed by atoms with Crippen molar-refractivity contribution < 1.29 is 8.94 Å². The largest absolute Gasteiger partial charge is 0.431 e. The van der Waals surface area contributed by atoms with Gasteiger partial charge in [-0.05, 0) is 23.6 Å². The predicted octanol–water partition coefficient (Wildman–Crippen LogP) is 4.89. The van der Waals surface area contributed by atoms with Crippen LogP contribution in [0.25, 0.3) is 21.8 Å². The van der Waals surface area contributed by atoms with Crippen LogP contribution in [0, 0.1) is 0 Å². The number of aromatic nitrogens is 3. The SMILES string of the molecule is Clc1ccc2nc(SCc3nc(-c4cccs4)no3)oc2c1. The standard InChI is InChI=1S/C14H8ClN3O2S2/c15-8-3-4-9-10(6-8)19-14(16-9)22-7-12-17-13(18-20-12)11-2-1-5-21-11/h1-6H,7H2. The second-order valence-electron chi connectivity index (χ2n) is 4.37. The van der Waals surface area contributed by atoms with Gasteiger partial charge < -0.3 is 8.94 Å². The maximum atomic E-state index is 5.93. The number of thioether (sulfide) groups is 1. The normalized spacial score (nSPS) is 11.3. The van der Waals surface area contributed by atoms with Gasteiger partial charge in [-0.3, -0.25) is 0 Å². The number of benzene rings is 1. The molecule has 0 bridgehead atoms. The van der Waals surface area contributed by atoms with Gasteiger partial charge in [-0.1, -0.05) is 34.6 Å². The van der Waals surface area contributed by atoms with Gasteiger partial charge in [0.2, 0.25) is 11.7 Å². The van der Waals surface area contributed by atoms with Gasteiger partial charge >= 0.3 is 0 Å². The number of hydrogen-bond donors (Lipinski definition) is 0. The van der Waals surface area contributed by atoms with E-state index in [-0.39, 0.29) is 0 Å². The average Bonchev–Trinajstić information content (AvgIpc) is 3.24. The lowest BCUT2D eigenvalue weighted by Gasteiger charge is -1.89. The van der Waals surface area contributed by atoms with E-state index in [9.17, 15) is 0 Å². The topological polar surface area (TPSA) is 65.0 Å². The first-order valence-corrected chi connectivity index (χ1v) is 8.57. The van der Waals surface area contributed by atoms with Crippen molar-refractivity contribution in [2.24, 2.45) is 0 Å². The third-order valence-electron chi connectivity index (χ3n) is 2.86. The highest BCUT2D eigenvalue weighted by Gasteiger charge is 2.12. The zero-order chi connectivity index (χ0) is 14.9. The van der Waals surface area contributed by atoms with E-state index in [1.165, 1.54) is 11.8 Å². The average molecular weight is 350 g/mol. The van der Waals surface area contributed by atoms with E-state index in [1.807, 2.05) is 23.6 Å². The minimum atomic E-state index is 0.499. The van der Waals surface area contributed by atoms with Gasteiger partial charge in [-0.15, -0.1) is 11.3 Å². The minimum absolute atomic E-state index is 0.499. The Kier molecular flexibility index (Phi) is 3.61. The van der Waals surface area contributed by atoms with Gasteiger partial charge in [0.15, 0.2) is 5.58 Å². The van der Waals surface area contributed by atoms with Crippen molar-refractivity contribution in [3.05, 3.63) is 46.6 Å². The fraction of sp³-hybridized carbons (Fsp3) is 0.0714. The molecule has 8 heteroatoms. The summed E-state index contributed by atoms with van der Waals surface area (Å²) in [6, 6.07) is 9.26. The molecule has 0 amide bonds. The Morgan fingerprint density at radius 3 is 3.05 bits per heavy atom. The fourth-order valence-corrected chi connectivity index (χ4v) is 3.37. The number of hydrogen-bond acceptors (Lipinski definition) is 7. The second-order valence-corrected chi connectivity index (χ2v) is 6.68. The molecule has 0 N–H and O–H groups in total. The third kappa shape index (κ3) is 2.75. The number of thiophene rings is 1. The lowest BCUT2D eigenvalue weighted by atomic mass is 10.3. The number of halogens is 1. The van der Waals surface area contributed by atoms with Crippen molar-refractivity contribution in [3.63, 3.8) is 0 Å². The van der Waals surface area contributed by atoms with Gasteiger partial charge in [-0.2, -0.15) is 4.98 Å². The second kappa shape index (κ2) is 5.75. The molecule has 0 radical (unpaired) electrons. The number of fused-ring (bicyclic) bond motifs is 1. The lowest BCUT2D eigenvalue weighted by molar-refractivity contribution is 0.391. The Morgan fingerprint density at radius 1 is 1.23 bits per heavy atom. The van der Waals surface area contributed by atoms with Gasteiger partial charge in [0.1, 0.15) is 5.52 Å². The van der Waals surface area contributed by atoms with Crippen molar-refractivity contribution >= 4 is 45.8 Å². The highest BCUT2D eigenvalue weighted by atomic mass is 35.5. The molecule has 22 heavy (non-hydrogen) atoms. The molecule has 0 aliphatic heterocycles. The molecule has 0 spiro atoms. The Hall–Kier alpha value is -1.83. The smallest absolute Gasteiger partial charge is 0.257 e. The summed E-state index contributed by atoms with van der Waals surface area (Å²) in [5, 5.41) is 7.12. The van der Waals surface area contributed by atoms with E-state index in [0.29, 0.717) is 33.3 Å². The molecule has 4 rings (SSSR count). The summed E-state index contributed by atoms with van der Waals surface area (Å²) < 4.78 is 10.9. The van der Waals surface area contributed by atoms with E-state index >= 15 is 0 Å². The van der Waals surface area contributed by atoms with Crippen LogP contribution in [-0.2, 0) is 5.75 Å². The molecule has 0 saturated carbocycles. The summed E-state index contributed by atoms with van der Waals surface area (Å²) in [5.74, 6) is 1.64. The summed E-state index contributed by atoms with van der Waals surface area (Å²) in [5.41, 5.74) is 1.44. The molecule has 0 saturated heterocycles. The summed E-state index contributed by atoms with van der Waals surface area (Å²) in [6.45, 7) is 0. The number of rotatable bonds is 4. The number of oxazole rings is 1. The van der Waals surface area contributed by atoms with E-state index in [2.05, 4.69) is 15.1 Å². The van der Waals surface area contributed by atoms with Crippen molar-refractivity contribution in [1.29, 1.82) is 0 Å². The summed E-state index contributed by atoms with van der Waals surface area (Å²) in [4.78, 5) is 9.72. The first-order chi connectivity index (χ1) is 10.8. The van der Waals surface area contributed by atoms with E-state index in [4.69, 9.17) is 20.5 Å². The third-order valence-corrected chi connectivity index (χ3v) is 4.77. The first kappa shape index (κ1) is 13.8. The molecule has 0 unspecified atom stereocenters. The molecule has 0 fully saturated rings. The number of nitrogens with zero attached hydrogens (tertiary/aromatic N) is 3. The van der Waals surface area contributed by atoms with Crippen LogP contribution >= 0.6 is 34.7 Å². The summed E-state index contributed by atoms with van der Waals surface area (Å²) in [7, 11) is 0. The van der Waals surface area contributed by atoms with Crippen LogP contribution in [0.5, 0.6) is 0 Å². The lowest BCUT2D eigenvalue weighted by Crippen LogP contribution is -1.81. The van der Waals surface area contributed by atoms with Crippen LogP contribution in [0.1, 0.15) is 5.89 Å². The molecule has 0 atom stereocenters. The molecule has 1 aromatic carbocycles. The van der Waals surface area contributed by atoms with Crippen molar-refractivity contribution in [1.82, 2.24) is 15.1 Å². The van der Waals surface area contributed by atoms with Gasteiger partial charge in [0, 0.05) is 11.1 Å². The maximum Gasteiger partial charge on any atom is 0.257 e. The van der Waals surface area contributed by atoms with E-state index in [1.54, 1.807) is 23.5 Å². The van der Waals surface area contributed by atoms with Gasteiger partial charge in [0.05, 0.1) is 10.6 Å². The van der Waals surface area contributed by atoms with Crippen molar-refractivity contribution in [2.75, 3.05) is 0 Å². The first-order valence-electron chi connectivity index (χ1n) is 6.33. The van der Waals surface area contributed by atoms with Crippen LogP contribution in [0.2, 0.25) is 5.02 Å². The Morgan fingerprint density at radius 2 is 2.18 bits per heavy atom. The van der Waals surface area contributed by atoms with Crippen molar-refractivity contribution in [2.45, 2.75) is 11.0 Å². The zero-order valence-electron chi connectivity index (χ0n) is 11.0. The highest BCUT2D eigenvalue weighted by molar-refractivity contribution is 7.98. The monoisotopic (exact) mass is 349 g/mol. The Balaban J connectivity index is 1.49. The molecule has 3 heterocycles. The minimum Gasteiger partial charge on any atom is -0.431 e. The Bertz CT molecular complexity index is 917. The van der Waals surface area contributed by atoms with Crippen molar-refractivity contribution in [3.8, 4) is 10.7 Å². The van der Waals surface area contributed by atoms with E-state index < -0.39 is 0 Å². The predicted molar refractivity (Wildman–Crippen MR) is 86.2 cm³/mol. The highest BCUT2D eigenvalue weighted by Crippen LogP contribution is 2.28. The van der Waals surface area contributed by atoms with Gasteiger partial charge in [-0.25, -0.2) is 4.98 Å². The van der Waals surface area contributed by atoms with Crippen LogP contribution < -0.4 is 0 Å². The van der Waals surface area contributed by atoms with Crippen LogP contribution in [-0.4, -0.2) is 15.1 Å². The molecule has 110 valence electrons. The Labute approximate surface area is 138 Å².